The fourth-order valence-electron chi connectivity index (χ4n) is 3.13. The number of hydrogen-bond donors (Lipinski definition) is 0. The van der Waals surface area contributed by atoms with Crippen LogP contribution in [0, 0.1) is 0 Å². The van der Waals surface area contributed by atoms with Crippen LogP contribution in [0.4, 0.5) is 0 Å². The zero-order valence-electron chi connectivity index (χ0n) is 23.3. The predicted molar refractivity (Wildman–Crippen MR) is 152 cm³/mol. The molecule has 1 aliphatic heterocycles. The van der Waals surface area contributed by atoms with Crippen LogP contribution in [0.2, 0.25) is 0 Å². The van der Waals surface area contributed by atoms with Crippen molar-refractivity contribution in [2.45, 2.75) is 40.1 Å². The van der Waals surface area contributed by atoms with Gasteiger partial charge in [-0.25, -0.2) is 14.4 Å². The summed E-state index contributed by atoms with van der Waals surface area (Å²) in [6, 6.07) is 8.68. The molecule has 2 unspecified atom stereocenters. The summed E-state index contributed by atoms with van der Waals surface area (Å²) in [5, 5.41) is 0. The minimum atomic E-state index is -0.706. The maximum Gasteiger partial charge on any atom is 0.338 e. The van der Waals surface area contributed by atoms with Gasteiger partial charge in [0.2, 0.25) is 6.29 Å². The average Bonchev–Trinajstić information content (AvgIpc) is 3.68. The molecule has 3 rings (SSSR count). The molecule has 0 saturated carbocycles. The van der Waals surface area contributed by atoms with Gasteiger partial charge < -0.3 is 23.7 Å². The second-order valence-electron chi connectivity index (χ2n) is 9.46. The summed E-state index contributed by atoms with van der Waals surface area (Å²) in [7, 11) is 0. The lowest BCUT2D eigenvalue weighted by Crippen LogP contribution is -2.12. The Bertz CT molecular complexity index is 1510. The van der Waals surface area contributed by atoms with E-state index in [0.29, 0.717) is 5.56 Å². The summed E-state index contributed by atoms with van der Waals surface area (Å²) < 4.78 is 27.2. The predicted octanol–water partition coefficient (Wildman–Crippen LogP) is 5.71. The Labute approximate surface area is 238 Å². The highest BCUT2D eigenvalue weighted by Gasteiger charge is 2.42. The molecule has 41 heavy (non-hydrogen) atoms. The van der Waals surface area contributed by atoms with E-state index >= 15 is 0 Å². The number of rotatable bonds is 12. The molecule has 1 saturated heterocycles. The molecule has 0 spiro atoms. The number of carbonyl (C=O) groups is 4. The van der Waals surface area contributed by atoms with Gasteiger partial charge in [-0.05, 0) is 75.8 Å². The van der Waals surface area contributed by atoms with E-state index in [9.17, 15) is 19.2 Å². The first-order chi connectivity index (χ1) is 19.3. The van der Waals surface area contributed by atoms with Crippen LogP contribution in [0.25, 0.3) is 6.08 Å². The van der Waals surface area contributed by atoms with Crippen molar-refractivity contribution < 1.29 is 42.9 Å². The maximum absolute atomic E-state index is 13.1. The van der Waals surface area contributed by atoms with Gasteiger partial charge in [-0.15, -0.1) is 0 Å². The van der Waals surface area contributed by atoms with Gasteiger partial charge in [0.25, 0.3) is 0 Å². The van der Waals surface area contributed by atoms with E-state index in [-0.39, 0.29) is 51.4 Å². The number of carbonyl (C=O) groups excluding carboxylic acids is 4. The molecule has 9 nitrogen and oxygen atoms in total. The highest BCUT2D eigenvalue weighted by Crippen LogP contribution is 2.36. The van der Waals surface area contributed by atoms with E-state index in [2.05, 4.69) is 26.3 Å². The number of allylic oxidation sites excluding steroid dienone is 1. The third kappa shape index (κ3) is 8.23. The van der Waals surface area contributed by atoms with E-state index in [1.807, 2.05) is 0 Å². The fraction of sp³-hybridized carbons (Fsp3) is 0.188. The molecule has 1 fully saturated rings. The van der Waals surface area contributed by atoms with Crippen LogP contribution >= 0.6 is 0 Å². The summed E-state index contributed by atoms with van der Waals surface area (Å²) in [4.78, 5) is 49.4. The monoisotopic (exact) mass is 558 g/mol. The minimum Gasteiger partial charge on any atom is -0.458 e. The normalized spacial score (nSPS) is 15.4. The highest BCUT2D eigenvalue weighted by molar-refractivity contribution is 6.07. The molecule has 0 aliphatic carbocycles. The van der Waals surface area contributed by atoms with Gasteiger partial charge in [0.1, 0.15) is 17.6 Å². The van der Waals surface area contributed by atoms with Gasteiger partial charge in [0.15, 0.2) is 17.3 Å². The van der Waals surface area contributed by atoms with Crippen LogP contribution in [0.1, 0.15) is 43.6 Å². The summed E-state index contributed by atoms with van der Waals surface area (Å²) in [6.07, 6.45) is 1.80. The molecular weight excluding hydrogens is 528 g/mol. The molecule has 0 amide bonds. The molecule has 212 valence electrons. The van der Waals surface area contributed by atoms with E-state index in [1.54, 1.807) is 6.92 Å². The largest absolute Gasteiger partial charge is 0.458 e. The van der Waals surface area contributed by atoms with Crippen molar-refractivity contribution in [2.24, 2.45) is 0 Å². The van der Waals surface area contributed by atoms with E-state index in [0.717, 1.165) is 5.57 Å². The summed E-state index contributed by atoms with van der Waals surface area (Å²) in [5.41, 5.74) is 1.79. The van der Waals surface area contributed by atoms with Gasteiger partial charge in [-0.1, -0.05) is 26.3 Å². The summed E-state index contributed by atoms with van der Waals surface area (Å²) in [5.74, 6) is -2.16. The first kappa shape index (κ1) is 30.5. The van der Waals surface area contributed by atoms with Crippen molar-refractivity contribution in [2.75, 3.05) is 0 Å². The lowest BCUT2D eigenvalue weighted by atomic mass is 10.1. The van der Waals surface area contributed by atoms with E-state index in [1.165, 1.54) is 69.3 Å². The smallest absolute Gasteiger partial charge is 0.338 e. The zero-order valence-corrected chi connectivity index (χ0v) is 23.3. The second-order valence-corrected chi connectivity index (χ2v) is 9.46. The summed E-state index contributed by atoms with van der Waals surface area (Å²) in [6.45, 7) is 20.8. The first-order valence-electron chi connectivity index (χ1n) is 12.4. The Hall–Kier alpha value is -5.02. The lowest BCUT2D eigenvalue weighted by Gasteiger charge is -2.12. The van der Waals surface area contributed by atoms with Crippen LogP contribution in [-0.2, 0) is 19.1 Å². The first-order valence-corrected chi connectivity index (χ1v) is 12.4. The van der Waals surface area contributed by atoms with Crippen LogP contribution < -0.4 is 18.9 Å². The number of ketones is 1. The molecule has 0 bridgehead atoms. The minimum absolute atomic E-state index is 0.00738. The third-order valence-electron chi connectivity index (χ3n) is 5.47. The van der Waals surface area contributed by atoms with Crippen LogP contribution in [0.5, 0.6) is 23.0 Å². The van der Waals surface area contributed by atoms with E-state index in [4.69, 9.17) is 23.7 Å². The zero-order chi connectivity index (χ0) is 30.4. The van der Waals surface area contributed by atoms with Gasteiger partial charge in [0, 0.05) is 33.9 Å². The fourth-order valence-corrected chi connectivity index (χ4v) is 3.13. The van der Waals surface area contributed by atoms with Crippen molar-refractivity contribution in [3.63, 3.8) is 0 Å². The average molecular weight is 559 g/mol. The van der Waals surface area contributed by atoms with Gasteiger partial charge >= 0.3 is 17.9 Å². The van der Waals surface area contributed by atoms with Gasteiger partial charge in [-0.2, -0.15) is 0 Å². The Morgan fingerprint density at radius 1 is 0.732 bits per heavy atom. The van der Waals surface area contributed by atoms with Crippen LogP contribution in [-0.4, -0.2) is 36.1 Å². The lowest BCUT2D eigenvalue weighted by molar-refractivity contribution is -0.131. The van der Waals surface area contributed by atoms with Crippen molar-refractivity contribution in [1.29, 1.82) is 0 Å². The molecule has 2 atom stereocenters. The summed E-state index contributed by atoms with van der Waals surface area (Å²) >= 11 is 0. The standard InChI is InChI=1S/C32H30O9/c1-17(2)28-32(41-28)40-25-14-11-22(15-27(25)39-31(36)20(7)8)24(33)13-10-21-9-12-23(37-29(34)18(3)4)16-26(21)38-30(35)19(5)6/h9-16,28,32H,1,3,5,7H2,2,4,6,8H3/b13-10+. The van der Waals surface area contributed by atoms with Gasteiger partial charge in [0.05, 0.1) is 0 Å². The van der Waals surface area contributed by atoms with Crippen molar-refractivity contribution in [1.82, 2.24) is 0 Å². The molecule has 2 aromatic carbocycles. The molecule has 9 heteroatoms. The quantitative estimate of drug-likeness (QED) is 0.0806. The van der Waals surface area contributed by atoms with Crippen LogP contribution in [0.15, 0.2) is 91.1 Å². The number of benzene rings is 2. The maximum atomic E-state index is 13.1. The van der Waals surface area contributed by atoms with Crippen molar-refractivity contribution in [3.05, 3.63) is 102 Å². The molecule has 1 heterocycles. The number of esters is 3. The Balaban J connectivity index is 1.89. The molecule has 0 N–H and O–H groups in total. The molecule has 0 radical (unpaired) electrons. The van der Waals surface area contributed by atoms with Crippen molar-refractivity contribution in [3.8, 4) is 23.0 Å². The van der Waals surface area contributed by atoms with Crippen LogP contribution in [0.3, 0.4) is 0 Å². The van der Waals surface area contributed by atoms with Gasteiger partial charge in [-0.3, -0.25) is 4.79 Å². The number of hydrogen-bond acceptors (Lipinski definition) is 9. The second kappa shape index (κ2) is 12.9. The topological polar surface area (TPSA) is 118 Å². The van der Waals surface area contributed by atoms with Crippen molar-refractivity contribution >= 4 is 29.8 Å². The Morgan fingerprint density at radius 2 is 1.32 bits per heavy atom. The molecule has 0 aromatic heterocycles. The Kier molecular flexibility index (Phi) is 9.59. The molecule has 2 aromatic rings. The Morgan fingerprint density at radius 3 is 1.88 bits per heavy atom. The number of epoxide rings is 1. The highest BCUT2D eigenvalue weighted by atomic mass is 16.8. The molecular formula is C32H30O9. The SMILES string of the molecule is C=C(C)C(=O)Oc1ccc(/C=C/C(=O)c2ccc(OC3OC3C(=C)C)c(OC(=O)C(=C)C)c2)c(OC(=O)C(=C)C)c1. The van der Waals surface area contributed by atoms with E-state index < -0.39 is 30.0 Å². The third-order valence-corrected chi connectivity index (χ3v) is 5.47. The molecule has 1 aliphatic rings. The number of ether oxygens (including phenoxy) is 5.